The monoisotopic (exact) mass is 276 g/mol. The largest absolute Gasteiger partial charge is 0.398 e. The molecule has 0 saturated carbocycles. The lowest BCUT2D eigenvalue weighted by molar-refractivity contribution is 0.733. The van der Waals surface area contributed by atoms with Gasteiger partial charge in [0.25, 0.3) is 0 Å². The number of nitrogen functional groups attached to an aromatic ring is 1. The smallest absolute Gasteiger partial charge is 0.0950 e. The number of hydrogen-bond acceptors (Lipinski definition) is 4. The number of fused-ring (bicyclic) bond motifs is 2. The van der Waals surface area contributed by atoms with Crippen LogP contribution in [0.5, 0.6) is 0 Å². The minimum absolute atomic E-state index is 0.871. The summed E-state index contributed by atoms with van der Waals surface area (Å²) in [6.45, 7) is 1.83. The molecule has 2 aromatic carbocycles. The zero-order valence-electron chi connectivity index (χ0n) is 11.7. The van der Waals surface area contributed by atoms with Crippen molar-refractivity contribution in [1.82, 2.24) is 10.2 Å². The topological polar surface area (TPSA) is 55.0 Å². The summed E-state index contributed by atoms with van der Waals surface area (Å²) in [6, 6.07) is 14.3. The average Bonchev–Trinajstić information content (AvgIpc) is 2.54. The Kier molecular flexibility index (Phi) is 2.74. The van der Waals surface area contributed by atoms with Gasteiger partial charge in [-0.15, -0.1) is 0 Å². The fourth-order valence-electron chi connectivity index (χ4n) is 3.09. The van der Waals surface area contributed by atoms with E-state index in [0.29, 0.717) is 0 Å². The van der Waals surface area contributed by atoms with E-state index in [1.165, 1.54) is 11.1 Å². The molecule has 0 aliphatic carbocycles. The molecule has 0 spiro atoms. The summed E-state index contributed by atoms with van der Waals surface area (Å²) in [5.41, 5.74) is 11.7. The Morgan fingerprint density at radius 3 is 2.90 bits per heavy atom. The number of benzene rings is 2. The van der Waals surface area contributed by atoms with Crippen molar-refractivity contribution in [3.63, 3.8) is 0 Å². The van der Waals surface area contributed by atoms with Crippen molar-refractivity contribution in [2.45, 2.75) is 13.0 Å². The van der Waals surface area contributed by atoms with E-state index >= 15 is 0 Å². The van der Waals surface area contributed by atoms with E-state index in [2.05, 4.69) is 27.2 Å². The molecule has 4 nitrogen and oxygen atoms in total. The number of hydrogen-bond donors (Lipinski definition) is 1. The second kappa shape index (κ2) is 4.74. The molecular weight excluding hydrogens is 260 g/mol. The van der Waals surface area contributed by atoms with Gasteiger partial charge in [0, 0.05) is 24.2 Å². The fourth-order valence-corrected chi connectivity index (χ4v) is 3.09. The van der Waals surface area contributed by atoms with E-state index in [-0.39, 0.29) is 0 Å². The van der Waals surface area contributed by atoms with Crippen molar-refractivity contribution in [2.75, 3.05) is 17.2 Å². The van der Waals surface area contributed by atoms with Gasteiger partial charge in [-0.1, -0.05) is 30.3 Å². The van der Waals surface area contributed by atoms with Crippen LogP contribution in [0.4, 0.5) is 11.4 Å². The van der Waals surface area contributed by atoms with Gasteiger partial charge in [0.15, 0.2) is 0 Å². The molecule has 0 unspecified atom stereocenters. The third-order valence-corrected chi connectivity index (χ3v) is 4.17. The highest BCUT2D eigenvalue weighted by Crippen LogP contribution is 2.30. The molecule has 0 radical (unpaired) electrons. The Labute approximate surface area is 123 Å². The first kappa shape index (κ1) is 12.1. The molecule has 0 bridgehead atoms. The van der Waals surface area contributed by atoms with Gasteiger partial charge in [-0.25, -0.2) is 0 Å². The van der Waals surface area contributed by atoms with Crippen LogP contribution < -0.4 is 10.6 Å². The highest BCUT2D eigenvalue weighted by atomic mass is 15.2. The summed E-state index contributed by atoms with van der Waals surface area (Å²) in [7, 11) is 0. The Balaban J connectivity index is 1.78. The summed E-state index contributed by atoms with van der Waals surface area (Å²) in [6.07, 6.45) is 2.83. The Morgan fingerprint density at radius 1 is 1.05 bits per heavy atom. The molecule has 104 valence electrons. The third-order valence-electron chi connectivity index (χ3n) is 4.17. The van der Waals surface area contributed by atoms with Crippen LogP contribution in [0.15, 0.2) is 48.7 Å². The number of rotatable bonds is 1. The van der Waals surface area contributed by atoms with Crippen LogP contribution in [0, 0.1) is 0 Å². The van der Waals surface area contributed by atoms with E-state index in [4.69, 9.17) is 5.73 Å². The van der Waals surface area contributed by atoms with Crippen molar-refractivity contribution in [3.8, 4) is 0 Å². The summed E-state index contributed by atoms with van der Waals surface area (Å²) in [4.78, 5) is 2.36. The van der Waals surface area contributed by atoms with Gasteiger partial charge in [0.05, 0.1) is 17.4 Å². The molecule has 1 aliphatic rings. The average molecular weight is 276 g/mol. The summed E-state index contributed by atoms with van der Waals surface area (Å²) in [5, 5.41) is 9.50. The van der Waals surface area contributed by atoms with E-state index in [1.54, 1.807) is 0 Å². The van der Waals surface area contributed by atoms with Gasteiger partial charge in [0.2, 0.25) is 0 Å². The second-order valence-electron chi connectivity index (χ2n) is 5.40. The van der Waals surface area contributed by atoms with E-state index in [0.717, 1.165) is 41.8 Å². The number of anilines is 2. The van der Waals surface area contributed by atoms with Crippen LogP contribution in [-0.2, 0) is 13.0 Å². The molecule has 2 N–H and O–H groups in total. The van der Waals surface area contributed by atoms with Crippen LogP contribution in [-0.4, -0.2) is 16.7 Å². The minimum atomic E-state index is 0.871. The van der Waals surface area contributed by atoms with Gasteiger partial charge in [-0.2, -0.15) is 10.2 Å². The predicted octanol–water partition coefficient (Wildman–Crippen LogP) is 2.77. The van der Waals surface area contributed by atoms with Gasteiger partial charge >= 0.3 is 0 Å². The number of nitrogens with zero attached hydrogens (tertiary/aromatic N) is 3. The molecule has 2 heterocycles. The molecule has 0 amide bonds. The standard InChI is InChI=1S/C17H16N4/c18-15-6-3-4-12-11-21(9-8-13(12)15)17-10-19-20-16-7-2-1-5-14(16)17/h1-7,10H,8-9,11,18H2. The van der Waals surface area contributed by atoms with Crippen LogP contribution >= 0.6 is 0 Å². The molecule has 1 aromatic heterocycles. The first-order valence-corrected chi connectivity index (χ1v) is 7.14. The first-order valence-electron chi connectivity index (χ1n) is 7.14. The van der Waals surface area contributed by atoms with Crippen LogP contribution in [0.2, 0.25) is 0 Å². The zero-order valence-corrected chi connectivity index (χ0v) is 11.7. The summed E-state index contributed by atoms with van der Waals surface area (Å²) in [5.74, 6) is 0. The van der Waals surface area contributed by atoms with Crippen LogP contribution in [0.1, 0.15) is 11.1 Å². The van der Waals surface area contributed by atoms with Gasteiger partial charge in [-0.05, 0) is 29.7 Å². The molecule has 0 saturated heterocycles. The molecule has 4 heteroatoms. The number of aromatic nitrogens is 2. The molecular formula is C17H16N4. The highest BCUT2D eigenvalue weighted by molar-refractivity contribution is 5.90. The van der Waals surface area contributed by atoms with Crippen LogP contribution in [0.25, 0.3) is 10.9 Å². The molecule has 4 rings (SSSR count). The Hall–Kier alpha value is -2.62. The summed E-state index contributed by atoms with van der Waals surface area (Å²) < 4.78 is 0. The van der Waals surface area contributed by atoms with Crippen molar-refractivity contribution in [1.29, 1.82) is 0 Å². The van der Waals surface area contributed by atoms with Crippen molar-refractivity contribution in [3.05, 3.63) is 59.8 Å². The van der Waals surface area contributed by atoms with Crippen molar-refractivity contribution >= 4 is 22.3 Å². The fraction of sp³-hybridized carbons (Fsp3) is 0.176. The maximum Gasteiger partial charge on any atom is 0.0950 e. The van der Waals surface area contributed by atoms with Gasteiger partial charge in [0.1, 0.15) is 0 Å². The highest BCUT2D eigenvalue weighted by Gasteiger charge is 2.19. The van der Waals surface area contributed by atoms with E-state index < -0.39 is 0 Å². The van der Waals surface area contributed by atoms with Gasteiger partial charge in [-0.3, -0.25) is 0 Å². The van der Waals surface area contributed by atoms with E-state index in [9.17, 15) is 0 Å². The lowest BCUT2D eigenvalue weighted by Crippen LogP contribution is -2.31. The van der Waals surface area contributed by atoms with Gasteiger partial charge < -0.3 is 10.6 Å². The number of nitrogens with two attached hydrogens (primary N) is 1. The first-order chi connectivity index (χ1) is 10.3. The van der Waals surface area contributed by atoms with E-state index in [1.807, 2.05) is 36.5 Å². The van der Waals surface area contributed by atoms with Crippen molar-refractivity contribution < 1.29 is 0 Å². The lowest BCUT2D eigenvalue weighted by atomic mass is 9.97. The lowest BCUT2D eigenvalue weighted by Gasteiger charge is -2.31. The molecule has 0 fully saturated rings. The maximum atomic E-state index is 6.08. The molecule has 0 atom stereocenters. The Morgan fingerprint density at radius 2 is 1.95 bits per heavy atom. The molecule has 3 aromatic rings. The molecule has 21 heavy (non-hydrogen) atoms. The quantitative estimate of drug-likeness (QED) is 0.694. The normalized spacial score (nSPS) is 14.2. The van der Waals surface area contributed by atoms with Crippen molar-refractivity contribution in [2.24, 2.45) is 0 Å². The zero-order chi connectivity index (χ0) is 14.2. The predicted molar refractivity (Wildman–Crippen MR) is 85.1 cm³/mol. The SMILES string of the molecule is Nc1cccc2c1CCN(c1cnnc3ccccc13)C2. The maximum absolute atomic E-state index is 6.08. The third kappa shape index (κ3) is 2.00. The second-order valence-corrected chi connectivity index (χ2v) is 5.40. The minimum Gasteiger partial charge on any atom is -0.398 e. The van der Waals surface area contributed by atoms with Crippen LogP contribution in [0.3, 0.4) is 0 Å². The summed E-state index contributed by atoms with van der Waals surface area (Å²) >= 11 is 0. The Bertz CT molecular complexity index is 807. The molecule has 1 aliphatic heterocycles.